The molecule has 3 aromatic rings. The van der Waals surface area contributed by atoms with E-state index in [0.717, 1.165) is 12.0 Å². The Morgan fingerprint density at radius 3 is 2.14 bits per heavy atom. The van der Waals surface area contributed by atoms with Crippen molar-refractivity contribution in [2.75, 3.05) is 5.32 Å². The van der Waals surface area contributed by atoms with Crippen LogP contribution in [-0.2, 0) is 6.42 Å². The third kappa shape index (κ3) is 6.56. The van der Waals surface area contributed by atoms with Gasteiger partial charge in [-0.1, -0.05) is 75.4 Å². The zero-order valence-corrected chi connectivity index (χ0v) is 17.2. The van der Waals surface area contributed by atoms with E-state index < -0.39 is 0 Å². The van der Waals surface area contributed by atoms with Crippen LogP contribution in [0.5, 0.6) is 0 Å². The summed E-state index contributed by atoms with van der Waals surface area (Å²) in [5.41, 5.74) is 5.03. The average molecular weight is 387 g/mol. The molecule has 1 aromatic heterocycles. The highest BCUT2D eigenvalue weighted by Gasteiger charge is 2.07. The van der Waals surface area contributed by atoms with Crippen molar-refractivity contribution in [2.45, 2.75) is 51.9 Å². The Morgan fingerprint density at radius 1 is 0.828 bits per heavy atom. The molecule has 1 N–H and O–H groups in total. The highest BCUT2D eigenvalue weighted by Crippen LogP contribution is 2.21. The molecule has 2 aromatic carbocycles. The van der Waals surface area contributed by atoms with E-state index in [0.29, 0.717) is 11.3 Å². The van der Waals surface area contributed by atoms with Crippen LogP contribution in [0, 0.1) is 0 Å². The number of carbonyl (C=O) groups is 1. The molecule has 150 valence electrons. The molecule has 0 aliphatic heterocycles. The predicted octanol–water partition coefficient (Wildman–Crippen LogP) is 6.90. The Hall–Kier alpha value is -2.94. The Labute approximate surface area is 174 Å². The number of pyridine rings is 1. The van der Waals surface area contributed by atoms with Gasteiger partial charge in [-0.05, 0) is 53.8 Å². The predicted molar refractivity (Wildman–Crippen MR) is 121 cm³/mol. The third-order valence-corrected chi connectivity index (χ3v) is 5.17. The first-order chi connectivity index (χ1) is 14.3. The van der Waals surface area contributed by atoms with Crippen LogP contribution in [0.2, 0.25) is 0 Å². The quantitative estimate of drug-likeness (QED) is 0.385. The maximum atomic E-state index is 12.4. The number of nitrogens with zero attached hydrogens (tertiary/aromatic N) is 1. The van der Waals surface area contributed by atoms with Crippen molar-refractivity contribution in [2.24, 2.45) is 0 Å². The van der Waals surface area contributed by atoms with Crippen molar-refractivity contribution < 1.29 is 4.79 Å². The molecule has 0 fully saturated rings. The maximum Gasteiger partial charge on any atom is 0.255 e. The number of benzene rings is 2. The highest BCUT2D eigenvalue weighted by molar-refractivity contribution is 6.04. The van der Waals surface area contributed by atoms with Crippen LogP contribution >= 0.6 is 0 Å². The van der Waals surface area contributed by atoms with E-state index in [1.165, 1.54) is 49.7 Å². The van der Waals surface area contributed by atoms with Gasteiger partial charge in [0.05, 0.1) is 11.9 Å². The van der Waals surface area contributed by atoms with E-state index in [-0.39, 0.29) is 5.91 Å². The number of hydrogen-bond donors (Lipinski definition) is 1. The summed E-state index contributed by atoms with van der Waals surface area (Å²) < 4.78 is 0. The van der Waals surface area contributed by atoms with Crippen LogP contribution < -0.4 is 5.32 Å². The van der Waals surface area contributed by atoms with Gasteiger partial charge in [0.1, 0.15) is 0 Å². The van der Waals surface area contributed by atoms with Gasteiger partial charge in [0.2, 0.25) is 0 Å². The minimum Gasteiger partial charge on any atom is -0.321 e. The number of carbonyl (C=O) groups excluding carboxylic acids is 1. The zero-order chi connectivity index (χ0) is 20.3. The van der Waals surface area contributed by atoms with Crippen LogP contribution in [0.25, 0.3) is 11.1 Å². The first-order valence-electron chi connectivity index (χ1n) is 10.7. The first kappa shape index (κ1) is 20.8. The summed E-state index contributed by atoms with van der Waals surface area (Å²) in [6.45, 7) is 2.26. The lowest BCUT2D eigenvalue weighted by molar-refractivity contribution is 0.102. The van der Waals surface area contributed by atoms with Gasteiger partial charge in [0.15, 0.2) is 0 Å². The monoisotopic (exact) mass is 386 g/mol. The van der Waals surface area contributed by atoms with Gasteiger partial charge in [-0.2, -0.15) is 0 Å². The van der Waals surface area contributed by atoms with Crippen molar-refractivity contribution in [1.29, 1.82) is 0 Å². The van der Waals surface area contributed by atoms with Crippen LogP contribution in [0.4, 0.5) is 5.69 Å². The summed E-state index contributed by atoms with van der Waals surface area (Å²) in [5.74, 6) is -0.126. The van der Waals surface area contributed by atoms with E-state index in [4.69, 9.17) is 0 Å². The topological polar surface area (TPSA) is 42.0 Å². The van der Waals surface area contributed by atoms with Gasteiger partial charge in [0.25, 0.3) is 5.91 Å². The number of aryl methyl sites for hydroxylation is 1. The molecule has 0 bridgehead atoms. The van der Waals surface area contributed by atoms with Crippen molar-refractivity contribution in [1.82, 2.24) is 4.98 Å². The summed E-state index contributed by atoms with van der Waals surface area (Å²) in [4.78, 5) is 16.4. The van der Waals surface area contributed by atoms with Gasteiger partial charge in [0, 0.05) is 11.8 Å². The summed E-state index contributed by atoms with van der Waals surface area (Å²) in [6.07, 6.45) is 12.4. The fraction of sp³-hybridized carbons (Fsp3) is 0.308. The van der Waals surface area contributed by atoms with E-state index in [1.54, 1.807) is 18.5 Å². The lowest BCUT2D eigenvalue weighted by Gasteiger charge is -2.07. The van der Waals surface area contributed by atoms with Crippen molar-refractivity contribution in [3.8, 4) is 11.1 Å². The van der Waals surface area contributed by atoms with Crippen molar-refractivity contribution >= 4 is 11.6 Å². The largest absolute Gasteiger partial charge is 0.321 e. The fourth-order valence-corrected chi connectivity index (χ4v) is 3.43. The number of unbranched alkanes of at least 4 members (excludes halogenated alkanes) is 5. The molecule has 0 aliphatic rings. The summed E-state index contributed by atoms with van der Waals surface area (Å²) in [6, 6.07) is 20.2. The summed E-state index contributed by atoms with van der Waals surface area (Å²) in [5, 5.41) is 2.86. The molecule has 0 spiro atoms. The number of amides is 1. The van der Waals surface area contributed by atoms with Crippen LogP contribution in [0.1, 0.15) is 61.4 Å². The summed E-state index contributed by atoms with van der Waals surface area (Å²) in [7, 11) is 0. The Morgan fingerprint density at radius 2 is 1.48 bits per heavy atom. The second-order valence-electron chi connectivity index (χ2n) is 7.49. The molecule has 0 atom stereocenters. The Balaban J connectivity index is 1.52. The van der Waals surface area contributed by atoms with Gasteiger partial charge in [-0.3, -0.25) is 9.78 Å². The van der Waals surface area contributed by atoms with Crippen LogP contribution in [0.15, 0.2) is 73.1 Å². The normalized spacial score (nSPS) is 10.7. The molecule has 3 rings (SSSR count). The molecule has 29 heavy (non-hydrogen) atoms. The molecule has 3 heteroatoms. The standard InChI is InChI=1S/C26H30N2O/c1-2-3-4-5-6-7-9-21-11-13-22(14-12-21)23-15-17-24(18-16-23)26(29)28-25-10-8-19-27-20-25/h8,10-20H,2-7,9H2,1H3,(H,28,29). The van der Waals surface area contributed by atoms with E-state index in [2.05, 4.69) is 41.5 Å². The van der Waals surface area contributed by atoms with Gasteiger partial charge >= 0.3 is 0 Å². The van der Waals surface area contributed by atoms with Gasteiger partial charge in [-0.25, -0.2) is 0 Å². The van der Waals surface area contributed by atoms with Gasteiger partial charge in [-0.15, -0.1) is 0 Å². The number of nitrogens with one attached hydrogen (secondary N) is 1. The lowest BCUT2D eigenvalue weighted by atomic mass is 10.00. The minimum absolute atomic E-state index is 0.126. The third-order valence-electron chi connectivity index (χ3n) is 5.17. The maximum absolute atomic E-state index is 12.4. The Bertz CT molecular complexity index is 871. The molecule has 0 radical (unpaired) electrons. The Kier molecular flexibility index (Phi) is 8.00. The molecule has 1 heterocycles. The number of aromatic nitrogens is 1. The van der Waals surface area contributed by atoms with E-state index in [1.807, 2.05) is 30.3 Å². The van der Waals surface area contributed by atoms with E-state index in [9.17, 15) is 4.79 Å². The van der Waals surface area contributed by atoms with Crippen molar-refractivity contribution in [3.63, 3.8) is 0 Å². The second kappa shape index (κ2) is 11.2. The smallest absolute Gasteiger partial charge is 0.255 e. The van der Waals surface area contributed by atoms with Crippen molar-refractivity contribution in [3.05, 3.63) is 84.2 Å². The number of rotatable bonds is 10. The molecule has 0 unspecified atom stereocenters. The number of anilines is 1. The molecule has 0 saturated carbocycles. The molecule has 0 saturated heterocycles. The molecule has 1 amide bonds. The van der Waals surface area contributed by atoms with Crippen LogP contribution in [0.3, 0.4) is 0 Å². The minimum atomic E-state index is -0.126. The first-order valence-corrected chi connectivity index (χ1v) is 10.7. The molecule has 0 aliphatic carbocycles. The second-order valence-corrected chi connectivity index (χ2v) is 7.49. The van der Waals surface area contributed by atoms with Gasteiger partial charge < -0.3 is 5.32 Å². The molecule has 3 nitrogen and oxygen atoms in total. The van der Waals surface area contributed by atoms with E-state index >= 15 is 0 Å². The number of hydrogen-bond acceptors (Lipinski definition) is 2. The molecular formula is C26H30N2O. The molecular weight excluding hydrogens is 356 g/mol. The lowest BCUT2D eigenvalue weighted by Crippen LogP contribution is -2.11. The SMILES string of the molecule is CCCCCCCCc1ccc(-c2ccc(C(=O)Nc3cccnc3)cc2)cc1. The highest BCUT2D eigenvalue weighted by atomic mass is 16.1. The summed E-state index contributed by atoms with van der Waals surface area (Å²) >= 11 is 0. The fourth-order valence-electron chi connectivity index (χ4n) is 3.43. The van der Waals surface area contributed by atoms with Crippen LogP contribution in [-0.4, -0.2) is 10.9 Å². The zero-order valence-electron chi connectivity index (χ0n) is 17.2. The average Bonchev–Trinajstić information content (AvgIpc) is 2.77.